The van der Waals surface area contributed by atoms with Crippen LogP contribution in [-0.4, -0.2) is 101 Å². The molecule has 20 nitrogen and oxygen atoms in total. The molecule has 1 atom stereocenters. The highest BCUT2D eigenvalue weighted by molar-refractivity contribution is 7.14. The van der Waals surface area contributed by atoms with Gasteiger partial charge in [-0.15, -0.1) is 11.3 Å². The van der Waals surface area contributed by atoms with E-state index in [1.807, 2.05) is 91.0 Å². The third kappa shape index (κ3) is 9.91. The first-order valence-corrected chi connectivity index (χ1v) is 22.6. The van der Waals surface area contributed by atoms with Crippen LogP contribution in [-0.2, 0) is 45.6 Å². The summed E-state index contributed by atoms with van der Waals surface area (Å²) in [5.74, 6) is -5.31. The van der Waals surface area contributed by atoms with Gasteiger partial charge in [-0.3, -0.25) is 19.2 Å². The van der Waals surface area contributed by atoms with Crippen molar-refractivity contribution in [1.82, 2.24) is 35.8 Å². The zero-order chi connectivity index (χ0) is 50.0. The lowest BCUT2D eigenvalue weighted by Crippen LogP contribution is -2.46. The molecule has 2 aliphatic rings. The van der Waals surface area contributed by atoms with Gasteiger partial charge in [0.15, 0.2) is 28.1 Å². The molecule has 0 saturated carbocycles. The topological polar surface area (TPSA) is 271 Å². The molecule has 0 bridgehead atoms. The molecule has 0 radical (unpaired) electrons. The maximum absolute atomic E-state index is 14.5. The number of pyridine rings is 1. The van der Waals surface area contributed by atoms with E-state index in [4.69, 9.17) is 19.1 Å². The number of nitrogens with zero attached hydrogens (tertiary/aromatic N) is 5. The van der Waals surface area contributed by atoms with Crippen LogP contribution in [0.3, 0.4) is 0 Å². The summed E-state index contributed by atoms with van der Waals surface area (Å²) in [7, 11) is 0. The van der Waals surface area contributed by atoms with Crippen molar-refractivity contribution in [1.29, 1.82) is 0 Å². The highest BCUT2D eigenvalue weighted by Gasteiger charge is 2.50. The number of aliphatic carboxylic acids is 1. The Morgan fingerprint density at radius 2 is 1.53 bits per heavy atom. The summed E-state index contributed by atoms with van der Waals surface area (Å²) in [5, 5.41) is 40.8. The van der Waals surface area contributed by atoms with Crippen molar-refractivity contribution in [3.05, 3.63) is 164 Å². The number of anilines is 1. The van der Waals surface area contributed by atoms with Crippen LogP contribution in [0.5, 0.6) is 5.75 Å². The van der Waals surface area contributed by atoms with Crippen LogP contribution in [0.4, 0.5) is 5.13 Å². The smallest absolute Gasteiger partial charge is 0.354 e. The number of aromatic amines is 1. The number of aromatic hydroxyl groups is 1. The first-order chi connectivity index (χ1) is 33.3. The van der Waals surface area contributed by atoms with Crippen molar-refractivity contribution in [3.63, 3.8) is 0 Å². The highest BCUT2D eigenvalue weighted by Crippen LogP contribution is 2.41. The highest BCUT2D eigenvalue weighted by atomic mass is 32.1. The molecule has 360 valence electrons. The Kier molecular flexibility index (Phi) is 13.2. The monoisotopic (exact) mass is 969 g/mol. The number of rotatable bonds is 16. The van der Waals surface area contributed by atoms with Crippen LogP contribution in [0.1, 0.15) is 62.8 Å². The number of hydrazine groups is 1. The quantitative estimate of drug-likeness (QED) is 0.0334. The van der Waals surface area contributed by atoms with Gasteiger partial charge < -0.3 is 45.2 Å². The molecule has 1 fully saturated rings. The number of amides is 3. The number of nitrogens with one attached hydrogen (secondary N) is 4. The number of carbonyl (C=O) groups excluding carboxylic acids is 4. The van der Waals surface area contributed by atoms with Gasteiger partial charge in [0.25, 0.3) is 17.7 Å². The summed E-state index contributed by atoms with van der Waals surface area (Å²) in [6.07, 6.45) is 1.09. The lowest BCUT2D eigenvalue weighted by atomic mass is 9.77. The minimum atomic E-state index is -1.71. The lowest BCUT2D eigenvalue weighted by Gasteiger charge is -2.36. The zero-order valence-electron chi connectivity index (χ0n) is 38.4. The summed E-state index contributed by atoms with van der Waals surface area (Å²) in [6, 6.07) is 30.5. The Bertz CT molecular complexity index is 2990. The normalized spacial score (nSPS) is 15.4. The SMILES string of the molecule is CC(C)(C)OC(=O)C(C)(C)O/N=C(\C(=O)N[C@H]1CN2CC(C(=O)NCc3cc(-c4cc(=O)c(O)c[nH]4)no3)=C(C(=O)O)N2C1=O)c1csc(NC(c2ccccc2)(c2ccccc2)c2ccccc2)n1. The van der Waals surface area contributed by atoms with Crippen molar-refractivity contribution in [2.75, 3.05) is 18.4 Å². The van der Waals surface area contributed by atoms with Gasteiger partial charge in [0.05, 0.1) is 24.4 Å². The standard InChI is InChI=1S/C49H47N9O11S/c1-47(2,3)67-45(66)48(4,5)69-56-39(36-27-70-46(53-36)54-49(28-15-9-6-10-16-28,29-17-11-7-12-18-29)30-19-13-8-14-20-30)42(62)52-35-26-57-25-32(40(44(64)65)58(57)43(35)63)41(61)51-23-31-21-34(55-68-31)33-22-37(59)38(60)24-50-33/h6-22,24,27,35,60H,23,25-26H2,1-5H3,(H,50,59)(H,51,61)(H,52,62)(H,53,54)(H,64,65)/b56-39-/t35-/m0/s1. The maximum atomic E-state index is 14.5. The molecule has 8 rings (SSSR count). The van der Waals surface area contributed by atoms with Gasteiger partial charge in [0.2, 0.25) is 11.0 Å². The number of fused-ring (bicyclic) bond motifs is 1. The molecule has 2 aliphatic heterocycles. The first kappa shape index (κ1) is 48.0. The summed E-state index contributed by atoms with van der Waals surface area (Å²) < 4.78 is 10.8. The molecular weight excluding hydrogens is 923 g/mol. The molecule has 70 heavy (non-hydrogen) atoms. The molecule has 6 N–H and O–H groups in total. The number of ether oxygens (including phenoxy) is 1. The summed E-state index contributed by atoms with van der Waals surface area (Å²) >= 11 is 1.17. The Balaban J connectivity index is 1.05. The van der Waals surface area contributed by atoms with Gasteiger partial charge in [-0.05, 0) is 51.3 Å². The number of carboxylic acid groups (broad SMARTS) is 1. The van der Waals surface area contributed by atoms with E-state index in [9.17, 15) is 39.0 Å². The summed E-state index contributed by atoms with van der Waals surface area (Å²) in [6.45, 7) is 7.09. The molecule has 0 aliphatic carbocycles. The number of hydrogen-bond donors (Lipinski definition) is 6. The van der Waals surface area contributed by atoms with E-state index in [0.29, 0.717) is 5.13 Å². The van der Waals surface area contributed by atoms with Gasteiger partial charge in [-0.2, -0.15) is 0 Å². The lowest BCUT2D eigenvalue weighted by molar-refractivity contribution is -0.179. The largest absolute Gasteiger partial charge is 0.503 e. The molecular formula is C49H47N9O11S. The second-order valence-electron chi connectivity index (χ2n) is 17.7. The predicted octanol–water partition coefficient (Wildman–Crippen LogP) is 4.65. The Labute approximate surface area is 403 Å². The number of hydrogen-bond acceptors (Lipinski definition) is 16. The fourth-order valence-electron chi connectivity index (χ4n) is 7.76. The fourth-order valence-corrected chi connectivity index (χ4v) is 8.51. The number of esters is 1. The van der Waals surface area contributed by atoms with Crippen LogP contribution in [0.15, 0.2) is 140 Å². The fraction of sp³-hybridized carbons (Fsp3) is 0.245. The van der Waals surface area contributed by atoms with Crippen molar-refractivity contribution >= 4 is 51.8 Å². The average molecular weight is 970 g/mol. The van der Waals surface area contributed by atoms with Crippen LogP contribution in [0, 0.1) is 0 Å². The van der Waals surface area contributed by atoms with Gasteiger partial charge in [-0.25, -0.2) is 24.6 Å². The average Bonchev–Trinajstić information content (AvgIpc) is 4.14. The van der Waals surface area contributed by atoms with E-state index < -0.39 is 75.0 Å². The third-order valence-corrected chi connectivity index (χ3v) is 11.8. The number of aromatic nitrogens is 3. The minimum Gasteiger partial charge on any atom is -0.503 e. The Hall–Kier alpha value is -8.43. The Morgan fingerprint density at radius 1 is 0.914 bits per heavy atom. The van der Waals surface area contributed by atoms with Crippen molar-refractivity contribution < 1.29 is 48.3 Å². The second kappa shape index (κ2) is 19.3. The van der Waals surface area contributed by atoms with Gasteiger partial charge in [0, 0.05) is 30.3 Å². The van der Waals surface area contributed by atoms with E-state index in [-0.39, 0.29) is 48.0 Å². The number of thiazole rings is 1. The number of carboxylic acids is 1. The van der Waals surface area contributed by atoms with Crippen LogP contribution in [0.2, 0.25) is 0 Å². The van der Waals surface area contributed by atoms with Gasteiger partial charge in [0.1, 0.15) is 28.6 Å². The van der Waals surface area contributed by atoms with E-state index in [2.05, 4.69) is 31.2 Å². The summed E-state index contributed by atoms with van der Waals surface area (Å²) in [5.41, 5.74) is -2.39. The first-order valence-electron chi connectivity index (χ1n) is 21.8. The van der Waals surface area contributed by atoms with E-state index in [1.165, 1.54) is 36.3 Å². The van der Waals surface area contributed by atoms with E-state index >= 15 is 0 Å². The number of H-pyrrole nitrogens is 1. The van der Waals surface area contributed by atoms with E-state index in [1.54, 1.807) is 26.2 Å². The zero-order valence-corrected chi connectivity index (χ0v) is 39.2. The molecule has 6 aromatic rings. The van der Waals surface area contributed by atoms with Crippen LogP contribution < -0.4 is 21.4 Å². The summed E-state index contributed by atoms with van der Waals surface area (Å²) in [4.78, 5) is 93.1. The number of oxime groups is 1. The molecule has 3 aromatic carbocycles. The van der Waals surface area contributed by atoms with Crippen LogP contribution in [0.25, 0.3) is 11.4 Å². The van der Waals surface area contributed by atoms with Gasteiger partial charge in [-0.1, -0.05) is 101 Å². The predicted molar refractivity (Wildman–Crippen MR) is 254 cm³/mol. The van der Waals surface area contributed by atoms with Crippen LogP contribution >= 0.6 is 11.3 Å². The molecule has 1 saturated heterocycles. The third-order valence-electron chi connectivity index (χ3n) is 11.1. The molecule has 3 aromatic heterocycles. The van der Waals surface area contributed by atoms with Crippen molar-refractivity contribution in [3.8, 4) is 17.1 Å². The second-order valence-corrected chi connectivity index (χ2v) is 18.5. The molecule has 3 amide bonds. The van der Waals surface area contributed by atoms with Crippen molar-refractivity contribution in [2.24, 2.45) is 5.16 Å². The number of carbonyl (C=O) groups is 5. The van der Waals surface area contributed by atoms with Crippen molar-refractivity contribution in [2.45, 2.75) is 63.9 Å². The maximum Gasteiger partial charge on any atom is 0.354 e. The molecule has 21 heteroatoms. The molecule has 0 spiro atoms. The Morgan fingerprint density at radius 3 is 2.10 bits per heavy atom. The number of benzene rings is 3. The molecule has 0 unspecified atom stereocenters. The molecule has 5 heterocycles. The van der Waals surface area contributed by atoms with Gasteiger partial charge >= 0.3 is 11.9 Å². The minimum absolute atomic E-state index is 0.0136. The van der Waals surface area contributed by atoms with E-state index in [0.717, 1.165) is 34.0 Å².